The molecule has 0 aliphatic heterocycles. The number of carbonyl (C=O) groups excluding carboxylic acids is 1. The van der Waals surface area contributed by atoms with Gasteiger partial charge in [-0.1, -0.05) is 0 Å². The van der Waals surface area contributed by atoms with Crippen LogP contribution >= 0.6 is 0 Å². The molecule has 0 spiro atoms. The van der Waals surface area contributed by atoms with E-state index in [4.69, 9.17) is 5.73 Å². The molecule has 0 radical (unpaired) electrons. The molecule has 0 aromatic carbocycles. The van der Waals surface area contributed by atoms with Crippen molar-refractivity contribution in [2.24, 2.45) is 5.73 Å². The summed E-state index contributed by atoms with van der Waals surface area (Å²) in [6.45, 7) is 2.82. The van der Waals surface area contributed by atoms with Crippen molar-refractivity contribution in [1.82, 2.24) is 20.1 Å². The van der Waals surface area contributed by atoms with Crippen molar-refractivity contribution >= 4 is 5.91 Å². The molecule has 6 nitrogen and oxygen atoms in total. The van der Waals surface area contributed by atoms with Gasteiger partial charge < -0.3 is 11.1 Å². The topological polar surface area (TPSA) is 85.8 Å². The van der Waals surface area contributed by atoms with E-state index >= 15 is 0 Å². The van der Waals surface area contributed by atoms with Gasteiger partial charge in [-0.05, 0) is 37.0 Å². The van der Waals surface area contributed by atoms with Gasteiger partial charge in [0.25, 0.3) is 5.91 Å². The molecule has 2 heterocycles. The zero-order chi connectivity index (χ0) is 14.1. The number of aromatic nitrogens is 3. The molecule has 3 rings (SSSR count). The summed E-state index contributed by atoms with van der Waals surface area (Å²) < 4.78 is 1.58. The summed E-state index contributed by atoms with van der Waals surface area (Å²) in [7, 11) is 0. The first-order chi connectivity index (χ1) is 9.63. The number of hydrogen-bond donors (Lipinski definition) is 2. The minimum Gasteiger partial charge on any atom is -0.366 e. The van der Waals surface area contributed by atoms with Gasteiger partial charge in [-0.2, -0.15) is 5.10 Å². The lowest BCUT2D eigenvalue weighted by Gasteiger charge is -2.08. The zero-order valence-electron chi connectivity index (χ0n) is 11.3. The Morgan fingerprint density at radius 2 is 2.30 bits per heavy atom. The SMILES string of the molecule is Cc1cc(CNC2CC2)cnc1-n1cc(C(N)=O)cn1. The van der Waals surface area contributed by atoms with Gasteiger partial charge in [0.1, 0.15) is 0 Å². The molecule has 1 saturated carbocycles. The third kappa shape index (κ3) is 2.70. The quantitative estimate of drug-likeness (QED) is 0.847. The van der Waals surface area contributed by atoms with Crippen LogP contribution in [0.15, 0.2) is 24.7 Å². The summed E-state index contributed by atoms with van der Waals surface area (Å²) in [5.74, 6) is 0.229. The minimum atomic E-state index is -0.487. The number of carbonyl (C=O) groups is 1. The standard InChI is InChI=1S/C14H17N5O/c1-9-4-10(5-16-12-2-3-12)6-17-14(9)19-8-11(7-18-19)13(15)20/h4,6-8,12,16H,2-3,5H2,1H3,(H2,15,20). The summed E-state index contributed by atoms with van der Waals surface area (Å²) >= 11 is 0. The molecule has 3 N–H and O–H groups in total. The van der Waals surface area contributed by atoms with E-state index in [1.807, 2.05) is 13.1 Å². The highest BCUT2D eigenvalue weighted by Gasteiger charge is 2.20. The van der Waals surface area contributed by atoms with Gasteiger partial charge in [-0.15, -0.1) is 0 Å². The van der Waals surface area contributed by atoms with Crippen LogP contribution in [-0.2, 0) is 6.54 Å². The number of nitrogens with zero attached hydrogens (tertiary/aromatic N) is 3. The number of rotatable bonds is 5. The zero-order valence-corrected chi connectivity index (χ0v) is 11.3. The predicted molar refractivity (Wildman–Crippen MR) is 74.5 cm³/mol. The van der Waals surface area contributed by atoms with Gasteiger partial charge in [-0.3, -0.25) is 4.79 Å². The fraction of sp³-hybridized carbons (Fsp3) is 0.357. The molecule has 20 heavy (non-hydrogen) atoms. The van der Waals surface area contributed by atoms with Crippen LogP contribution in [0.1, 0.15) is 34.3 Å². The van der Waals surface area contributed by atoms with Gasteiger partial charge in [0.2, 0.25) is 0 Å². The Labute approximate surface area is 117 Å². The van der Waals surface area contributed by atoms with Crippen molar-refractivity contribution in [3.8, 4) is 5.82 Å². The number of primary amides is 1. The molecule has 2 aromatic rings. The fourth-order valence-electron chi connectivity index (χ4n) is 2.08. The second kappa shape index (κ2) is 5.05. The molecule has 0 atom stereocenters. The van der Waals surface area contributed by atoms with Gasteiger partial charge in [-0.25, -0.2) is 9.67 Å². The van der Waals surface area contributed by atoms with Crippen LogP contribution in [-0.4, -0.2) is 26.7 Å². The number of nitrogens with one attached hydrogen (secondary N) is 1. The summed E-state index contributed by atoms with van der Waals surface area (Å²) in [5, 5.41) is 7.57. The Morgan fingerprint density at radius 3 is 2.90 bits per heavy atom. The van der Waals surface area contributed by atoms with E-state index in [1.165, 1.54) is 19.0 Å². The molecule has 2 aromatic heterocycles. The van der Waals surface area contributed by atoms with E-state index < -0.39 is 5.91 Å². The van der Waals surface area contributed by atoms with Crippen molar-refractivity contribution in [2.45, 2.75) is 32.4 Å². The predicted octanol–water partition coefficient (Wildman–Crippen LogP) is 0.927. The Hall–Kier alpha value is -2.21. The van der Waals surface area contributed by atoms with E-state index in [0.717, 1.165) is 17.7 Å². The lowest BCUT2D eigenvalue weighted by Crippen LogP contribution is -2.16. The summed E-state index contributed by atoms with van der Waals surface area (Å²) in [4.78, 5) is 15.5. The van der Waals surface area contributed by atoms with E-state index in [0.29, 0.717) is 17.4 Å². The highest BCUT2D eigenvalue weighted by atomic mass is 16.1. The molecule has 6 heteroatoms. The fourth-order valence-corrected chi connectivity index (χ4v) is 2.08. The number of hydrogen-bond acceptors (Lipinski definition) is 4. The number of pyridine rings is 1. The Morgan fingerprint density at radius 1 is 1.50 bits per heavy atom. The number of amides is 1. The molecule has 1 amide bonds. The van der Waals surface area contributed by atoms with Crippen LogP contribution in [0.2, 0.25) is 0 Å². The van der Waals surface area contributed by atoms with Crippen LogP contribution in [0.3, 0.4) is 0 Å². The molecule has 0 unspecified atom stereocenters. The first-order valence-corrected chi connectivity index (χ1v) is 6.67. The van der Waals surface area contributed by atoms with Crippen molar-refractivity contribution < 1.29 is 4.79 Å². The first-order valence-electron chi connectivity index (χ1n) is 6.67. The molecule has 1 aliphatic carbocycles. The van der Waals surface area contributed by atoms with Crippen LogP contribution in [0, 0.1) is 6.92 Å². The normalized spacial score (nSPS) is 14.4. The maximum absolute atomic E-state index is 11.1. The van der Waals surface area contributed by atoms with E-state index in [1.54, 1.807) is 10.9 Å². The molecular weight excluding hydrogens is 254 g/mol. The Kier molecular flexibility index (Phi) is 3.23. The first kappa shape index (κ1) is 12.8. The van der Waals surface area contributed by atoms with Crippen molar-refractivity contribution in [3.63, 3.8) is 0 Å². The smallest absolute Gasteiger partial charge is 0.251 e. The van der Waals surface area contributed by atoms with Gasteiger partial charge >= 0.3 is 0 Å². The number of nitrogens with two attached hydrogens (primary N) is 1. The van der Waals surface area contributed by atoms with Crippen LogP contribution in [0.5, 0.6) is 0 Å². The monoisotopic (exact) mass is 271 g/mol. The molecule has 1 aliphatic rings. The Bertz CT molecular complexity index is 645. The molecule has 104 valence electrons. The Balaban J connectivity index is 1.79. The minimum absolute atomic E-state index is 0.380. The molecule has 0 saturated heterocycles. The van der Waals surface area contributed by atoms with E-state index in [9.17, 15) is 4.79 Å². The van der Waals surface area contributed by atoms with Crippen molar-refractivity contribution in [3.05, 3.63) is 41.3 Å². The molecule has 0 bridgehead atoms. The molecular formula is C14H17N5O. The summed E-state index contributed by atoms with van der Waals surface area (Å²) in [6, 6.07) is 2.77. The summed E-state index contributed by atoms with van der Waals surface area (Å²) in [5.41, 5.74) is 7.77. The van der Waals surface area contributed by atoms with Crippen molar-refractivity contribution in [2.75, 3.05) is 0 Å². The average molecular weight is 271 g/mol. The highest BCUT2D eigenvalue weighted by molar-refractivity contribution is 5.92. The molecule has 1 fully saturated rings. The maximum atomic E-state index is 11.1. The highest BCUT2D eigenvalue weighted by Crippen LogP contribution is 2.20. The van der Waals surface area contributed by atoms with Gasteiger partial charge in [0.05, 0.1) is 11.8 Å². The van der Waals surface area contributed by atoms with Crippen molar-refractivity contribution in [1.29, 1.82) is 0 Å². The largest absolute Gasteiger partial charge is 0.366 e. The lowest BCUT2D eigenvalue weighted by atomic mass is 10.2. The van der Waals surface area contributed by atoms with Crippen LogP contribution in [0.4, 0.5) is 0 Å². The van der Waals surface area contributed by atoms with Gasteiger partial charge in [0.15, 0.2) is 5.82 Å². The van der Waals surface area contributed by atoms with E-state index in [2.05, 4.69) is 21.5 Å². The maximum Gasteiger partial charge on any atom is 0.251 e. The second-order valence-corrected chi connectivity index (χ2v) is 5.18. The summed E-state index contributed by atoms with van der Waals surface area (Å²) in [6.07, 6.45) is 7.43. The van der Waals surface area contributed by atoms with Crippen LogP contribution < -0.4 is 11.1 Å². The third-order valence-corrected chi connectivity index (χ3v) is 3.36. The second-order valence-electron chi connectivity index (χ2n) is 5.18. The van der Waals surface area contributed by atoms with E-state index in [-0.39, 0.29) is 0 Å². The number of aryl methyl sites for hydroxylation is 1. The lowest BCUT2D eigenvalue weighted by molar-refractivity contribution is 0.100. The average Bonchev–Trinajstić information content (AvgIpc) is 3.11. The third-order valence-electron chi connectivity index (χ3n) is 3.36. The van der Waals surface area contributed by atoms with Gasteiger partial charge in [0, 0.05) is 25.0 Å². The van der Waals surface area contributed by atoms with Crippen LogP contribution in [0.25, 0.3) is 5.82 Å².